The summed E-state index contributed by atoms with van der Waals surface area (Å²) < 4.78 is 7.58. The van der Waals surface area contributed by atoms with Gasteiger partial charge in [-0.3, -0.25) is 4.79 Å². The van der Waals surface area contributed by atoms with Gasteiger partial charge in [-0.2, -0.15) is 0 Å². The zero-order valence-corrected chi connectivity index (χ0v) is 22.6. The summed E-state index contributed by atoms with van der Waals surface area (Å²) in [6.45, 7) is 16.4. The Labute approximate surface area is 211 Å². The molecule has 1 aromatic heterocycles. The lowest BCUT2D eigenvalue weighted by Crippen LogP contribution is -2.53. The van der Waals surface area contributed by atoms with E-state index in [0.717, 1.165) is 27.8 Å². The van der Waals surface area contributed by atoms with Gasteiger partial charge in [0.15, 0.2) is 0 Å². The predicted octanol–water partition coefficient (Wildman–Crippen LogP) is 5.17. The second kappa shape index (κ2) is 10.9. The highest BCUT2D eigenvalue weighted by Gasteiger charge is 2.67. The number of piperidine rings is 1. The second-order valence-corrected chi connectivity index (χ2v) is 9.85. The summed E-state index contributed by atoms with van der Waals surface area (Å²) in [5.41, 5.74) is 2.88. The van der Waals surface area contributed by atoms with E-state index in [1.165, 1.54) is 0 Å². The van der Waals surface area contributed by atoms with Crippen LogP contribution >= 0.6 is 9.24 Å². The molecule has 188 valence electrons. The monoisotopic (exact) mass is 495 g/mol. The third kappa shape index (κ3) is 5.14. The highest BCUT2D eigenvalue weighted by atomic mass is 31.0. The number of amides is 1. The maximum absolute atomic E-state index is 13.7. The normalized spacial score (nSPS) is 24.2. The topological polar surface area (TPSA) is 67.6 Å². The number of benzene rings is 1. The molecule has 1 saturated heterocycles. The fourth-order valence-electron chi connectivity index (χ4n) is 4.93. The van der Waals surface area contributed by atoms with Crippen LogP contribution < -0.4 is 4.74 Å². The Kier molecular flexibility index (Phi) is 8.40. The first-order valence-electron chi connectivity index (χ1n) is 12.2. The minimum Gasteiger partial charge on any atom is -0.495 e. The highest BCUT2D eigenvalue weighted by Crippen LogP contribution is 2.64. The first-order chi connectivity index (χ1) is 16.7. The van der Waals surface area contributed by atoms with Gasteiger partial charge in [-0.25, -0.2) is 4.98 Å². The minimum absolute atomic E-state index is 0.00581. The molecule has 1 N–H and O–H groups in total. The summed E-state index contributed by atoms with van der Waals surface area (Å²) in [7, 11) is 4.18. The summed E-state index contributed by atoms with van der Waals surface area (Å²) in [6, 6.07) is 5.86. The average molecular weight is 496 g/mol. The quantitative estimate of drug-likeness (QED) is 0.425. The van der Waals surface area contributed by atoms with E-state index in [9.17, 15) is 9.90 Å². The van der Waals surface area contributed by atoms with E-state index < -0.39 is 11.5 Å². The molecule has 5 atom stereocenters. The number of imidazole rings is 1. The number of hydrogen-bond acceptors (Lipinski definition) is 4. The lowest BCUT2D eigenvalue weighted by atomic mass is 9.85. The van der Waals surface area contributed by atoms with Gasteiger partial charge >= 0.3 is 0 Å². The second-order valence-electron chi connectivity index (χ2n) is 9.11. The molecule has 2 heterocycles. The van der Waals surface area contributed by atoms with E-state index in [4.69, 9.17) is 4.74 Å². The molecule has 1 aliphatic heterocycles. The van der Waals surface area contributed by atoms with Gasteiger partial charge in [-0.1, -0.05) is 45.2 Å². The number of aryl methyl sites for hydroxylation is 1. The third-order valence-corrected chi connectivity index (χ3v) is 7.20. The molecule has 1 aromatic carbocycles. The van der Waals surface area contributed by atoms with Crippen LogP contribution in [0.3, 0.4) is 0 Å². The molecule has 5 unspecified atom stereocenters. The molecule has 6 nitrogen and oxygen atoms in total. The summed E-state index contributed by atoms with van der Waals surface area (Å²) in [5, 5.41) is 11.8. The van der Waals surface area contributed by atoms with E-state index in [2.05, 4.69) is 27.4 Å². The fourth-order valence-corrected chi connectivity index (χ4v) is 5.03. The molecule has 1 spiro atoms. The van der Waals surface area contributed by atoms with Crippen molar-refractivity contribution >= 4 is 15.1 Å². The van der Waals surface area contributed by atoms with Gasteiger partial charge in [0.2, 0.25) is 5.91 Å². The highest BCUT2D eigenvalue weighted by molar-refractivity contribution is 7.22. The van der Waals surface area contributed by atoms with Crippen molar-refractivity contribution in [3.05, 3.63) is 78.2 Å². The van der Waals surface area contributed by atoms with Crippen molar-refractivity contribution in [1.29, 1.82) is 0 Å². The van der Waals surface area contributed by atoms with Crippen molar-refractivity contribution in [2.24, 2.45) is 5.41 Å². The Balaban J connectivity index is 0.00000167. The van der Waals surface area contributed by atoms with Crippen molar-refractivity contribution in [3.63, 3.8) is 0 Å². The van der Waals surface area contributed by atoms with Crippen molar-refractivity contribution in [2.75, 3.05) is 13.7 Å². The molecule has 4 rings (SSSR count). The lowest BCUT2D eigenvalue weighted by Gasteiger charge is -2.40. The fraction of sp³-hybridized carbons (Fsp3) is 0.429. The van der Waals surface area contributed by atoms with Crippen molar-refractivity contribution in [2.45, 2.75) is 58.6 Å². The number of aromatic nitrogens is 2. The number of aliphatic hydroxyl groups is 1. The summed E-state index contributed by atoms with van der Waals surface area (Å²) in [4.78, 5) is 19.8. The number of rotatable bonds is 7. The maximum Gasteiger partial charge on any atom is 0.232 e. The standard InChI is InChI=1S/C26H32N3O3P.C2H6/c1-16(6-7-18(3)33)19(4)29-11-10-24(30)26(25(29)31)13-21(26)20-8-9-22(23(12-20)32-5)28-14-17(2)27-15-28;1-2/h6-9,12,14-15,19,21,24,30H,1,3,10-11,13,33H2,2,4-5H3;1-2H3/b7-6-;. The smallest absolute Gasteiger partial charge is 0.232 e. The van der Waals surface area contributed by atoms with E-state index in [1.54, 1.807) is 13.4 Å². The maximum atomic E-state index is 13.7. The molecule has 2 aliphatic rings. The molecule has 0 radical (unpaired) electrons. The van der Waals surface area contributed by atoms with E-state index in [1.807, 2.05) is 73.7 Å². The number of likely N-dealkylation sites (tertiary alicyclic amines) is 1. The number of allylic oxidation sites excluding steroid dienone is 2. The van der Waals surface area contributed by atoms with Crippen LogP contribution in [0.2, 0.25) is 0 Å². The summed E-state index contributed by atoms with van der Waals surface area (Å²) >= 11 is 0. The Hall–Kier alpha value is -2.69. The first kappa shape index (κ1) is 26.9. The van der Waals surface area contributed by atoms with Crippen LogP contribution in [0, 0.1) is 12.3 Å². The van der Waals surface area contributed by atoms with Gasteiger partial charge in [0.25, 0.3) is 0 Å². The Bertz CT molecular complexity index is 1140. The number of methoxy groups -OCH3 is 1. The largest absolute Gasteiger partial charge is 0.495 e. The van der Waals surface area contributed by atoms with Gasteiger partial charge in [0, 0.05) is 18.7 Å². The van der Waals surface area contributed by atoms with E-state index >= 15 is 0 Å². The zero-order valence-electron chi connectivity index (χ0n) is 21.5. The zero-order chi connectivity index (χ0) is 25.9. The average Bonchev–Trinajstić information content (AvgIpc) is 3.47. The molecule has 1 saturated carbocycles. The Morgan fingerprint density at radius 3 is 2.66 bits per heavy atom. The molecule has 35 heavy (non-hydrogen) atoms. The molecular weight excluding hydrogens is 457 g/mol. The number of carbonyl (C=O) groups is 1. The Morgan fingerprint density at radius 2 is 2.06 bits per heavy atom. The third-order valence-electron chi connectivity index (χ3n) is 7.01. The molecule has 1 amide bonds. The van der Waals surface area contributed by atoms with E-state index in [0.29, 0.717) is 25.1 Å². The number of aliphatic hydroxyl groups excluding tert-OH is 1. The van der Waals surface area contributed by atoms with Crippen LogP contribution in [0.15, 0.2) is 66.9 Å². The van der Waals surface area contributed by atoms with Gasteiger partial charge < -0.3 is 19.3 Å². The van der Waals surface area contributed by atoms with Crippen LogP contribution in [-0.2, 0) is 4.79 Å². The van der Waals surface area contributed by atoms with Crippen LogP contribution in [0.1, 0.15) is 50.8 Å². The number of hydrogen-bond donors (Lipinski definition) is 1. The predicted molar refractivity (Wildman–Crippen MR) is 145 cm³/mol. The summed E-state index contributed by atoms with van der Waals surface area (Å²) in [6.07, 6.45) is 8.01. The molecular formula is C28H38N3O3P. The molecule has 2 aromatic rings. The molecule has 0 bridgehead atoms. The van der Waals surface area contributed by atoms with Crippen molar-refractivity contribution < 1.29 is 14.6 Å². The SMILES string of the molecule is C=C(P)/C=C\C(=C)C(C)N1CCC(O)C2(CC2c2ccc(-n3cnc(C)c3)c(OC)c2)C1=O.CC. The van der Waals surface area contributed by atoms with Crippen LogP contribution in [0.4, 0.5) is 0 Å². The first-order valence-corrected chi connectivity index (χ1v) is 12.8. The summed E-state index contributed by atoms with van der Waals surface area (Å²) in [5.74, 6) is 0.676. The van der Waals surface area contributed by atoms with Crippen LogP contribution in [-0.4, -0.2) is 51.3 Å². The van der Waals surface area contributed by atoms with Crippen LogP contribution in [0.5, 0.6) is 5.75 Å². The van der Waals surface area contributed by atoms with Gasteiger partial charge in [0.1, 0.15) is 5.75 Å². The number of carbonyl (C=O) groups excluding carboxylic acids is 1. The minimum atomic E-state index is -0.779. The van der Waals surface area contributed by atoms with Gasteiger partial charge in [-0.05, 0) is 55.3 Å². The van der Waals surface area contributed by atoms with Crippen LogP contribution in [0.25, 0.3) is 5.69 Å². The number of nitrogens with zero attached hydrogens (tertiary/aromatic N) is 3. The Morgan fingerprint density at radius 1 is 1.34 bits per heavy atom. The molecule has 1 aliphatic carbocycles. The van der Waals surface area contributed by atoms with Crippen molar-refractivity contribution in [1.82, 2.24) is 14.5 Å². The van der Waals surface area contributed by atoms with Gasteiger partial charge in [-0.15, -0.1) is 9.24 Å². The molecule has 7 heteroatoms. The number of ether oxygens (including phenoxy) is 1. The van der Waals surface area contributed by atoms with E-state index in [-0.39, 0.29) is 17.9 Å². The van der Waals surface area contributed by atoms with Crippen molar-refractivity contribution in [3.8, 4) is 11.4 Å². The molecule has 2 fully saturated rings. The lowest BCUT2D eigenvalue weighted by molar-refractivity contribution is -0.149. The van der Waals surface area contributed by atoms with Gasteiger partial charge in [0.05, 0.1) is 42.4 Å².